The van der Waals surface area contributed by atoms with E-state index < -0.39 is 13.0 Å². The van der Waals surface area contributed by atoms with E-state index in [1.807, 2.05) is 0 Å². The van der Waals surface area contributed by atoms with Gasteiger partial charge in [0, 0.05) is 40.5 Å². The van der Waals surface area contributed by atoms with E-state index >= 15 is 0 Å². The summed E-state index contributed by atoms with van der Waals surface area (Å²) in [5.74, 6) is 0. The molecule has 0 bridgehead atoms. The van der Waals surface area contributed by atoms with E-state index in [-0.39, 0.29) is 5.54 Å². The fourth-order valence-electron chi connectivity index (χ4n) is 1.53. The topological polar surface area (TPSA) is 6.48 Å². The Bertz CT molecular complexity index is 213. The normalized spacial score (nSPS) is 36.2. The van der Waals surface area contributed by atoms with Crippen LogP contribution in [-0.2, 0) is 0 Å². The Labute approximate surface area is 85.7 Å². The highest BCUT2D eigenvalue weighted by Gasteiger charge is 2.26. The first-order chi connectivity index (χ1) is 6.75. The second kappa shape index (κ2) is 3.97. The molecule has 13 heavy (non-hydrogen) atoms. The van der Waals surface area contributed by atoms with Gasteiger partial charge in [0.2, 0.25) is 0 Å². The van der Waals surface area contributed by atoms with E-state index in [1.54, 1.807) is 0 Å². The van der Waals surface area contributed by atoms with Crippen molar-refractivity contribution in [2.45, 2.75) is 46.2 Å². The molecule has 0 saturated carbocycles. The summed E-state index contributed by atoms with van der Waals surface area (Å²) >= 11 is 0. The molecule has 2 heteroatoms. The van der Waals surface area contributed by atoms with Crippen molar-refractivity contribution in [3.63, 3.8) is 0 Å². The average molecular weight is 186 g/mol. The molecular weight excluding hydrogens is 160 g/mol. The summed E-state index contributed by atoms with van der Waals surface area (Å²) in [5, 5.41) is 0. The predicted molar refractivity (Wildman–Crippen MR) is 58.0 cm³/mol. The van der Waals surface area contributed by atoms with Gasteiger partial charge in [-0.2, -0.15) is 0 Å². The third-order valence-electron chi connectivity index (χ3n) is 2.56. The molecule has 1 fully saturated rings. The van der Waals surface area contributed by atoms with Gasteiger partial charge in [-0.25, -0.2) is 0 Å². The molecule has 1 aliphatic heterocycles. The summed E-state index contributed by atoms with van der Waals surface area (Å²) < 4.78 is 16.2. The highest BCUT2D eigenvalue weighted by Crippen LogP contribution is 2.16. The molecule has 2 unspecified atom stereocenters. The van der Waals surface area contributed by atoms with Crippen LogP contribution >= 0.6 is 0 Å². The van der Waals surface area contributed by atoms with Crippen LogP contribution in [0, 0.1) is 0 Å². The molecule has 2 nitrogen and oxygen atoms in total. The Hall–Kier alpha value is -0.0800. The van der Waals surface area contributed by atoms with Gasteiger partial charge >= 0.3 is 0 Å². The van der Waals surface area contributed by atoms with Crippen LogP contribution in [0.3, 0.4) is 0 Å². The molecule has 0 amide bonds. The van der Waals surface area contributed by atoms with Gasteiger partial charge in [-0.1, -0.05) is 0 Å². The van der Waals surface area contributed by atoms with Crippen molar-refractivity contribution < 1.29 is 2.74 Å². The van der Waals surface area contributed by atoms with Gasteiger partial charge in [-0.15, -0.1) is 0 Å². The highest BCUT2D eigenvalue weighted by molar-refractivity contribution is 4.82. The summed E-state index contributed by atoms with van der Waals surface area (Å²) in [7, 11) is 0. The Morgan fingerprint density at radius 2 is 1.77 bits per heavy atom. The van der Waals surface area contributed by atoms with E-state index in [9.17, 15) is 0 Å². The Morgan fingerprint density at radius 3 is 2.23 bits per heavy atom. The number of piperazine rings is 1. The van der Waals surface area contributed by atoms with Crippen LogP contribution in [0.25, 0.3) is 0 Å². The summed E-state index contributed by atoms with van der Waals surface area (Å²) in [6, 6.07) is 0.363. The summed E-state index contributed by atoms with van der Waals surface area (Å²) in [5.41, 5.74) is -0.00517. The maximum absolute atomic E-state index is 8.11. The molecule has 1 saturated heterocycles. The minimum absolute atomic E-state index is 0.00517. The first kappa shape index (κ1) is 8.25. The zero-order valence-corrected chi connectivity index (χ0v) is 9.54. The maximum atomic E-state index is 8.11. The first-order valence-corrected chi connectivity index (χ1v) is 5.12. The van der Waals surface area contributed by atoms with E-state index in [2.05, 4.69) is 44.4 Å². The lowest BCUT2D eigenvalue weighted by Gasteiger charge is -2.43. The fraction of sp³-hybridized carbons (Fsp3) is 1.00. The van der Waals surface area contributed by atoms with Crippen molar-refractivity contribution >= 4 is 0 Å². The minimum atomic E-state index is -0.429. The van der Waals surface area contributed by atoms with Crippen LogP contribution < -0.4 is 0 Å². The third kappa shape index (κ3) is 2.96. The molecule has 0 aromatic carbocycles. The van der Waals surface area contributed by atoms with Crippen molar-refractivity contribution in [2.75, 3.05) is 26.1 Å². The number of hydrogen-bond donors (Lipinski definition) is 0. The predicted octanol–water partition coefficient (Wildman–Crippen LogP) is 1.81. The molecule has 0 aromatic heterocycles. The van der Waals surface area contributed by atoms with E-state index in [0.717, 1.165) is 13.1 Å². The van der Waals surface area contributed by atoms with Crippen LogP contribution in [0.4, 0.5) is 0 Å². The van der Waals surface area contributed by atoms with Crippen LogP contribution in [0.2, 0.25) is 0 Å². The summed E-state index contributed by atoms with van der Waals surface area (Å²) in [6.45, 7) is 11.5. The van der Waals surface area contributed by atoms with Gasteiger partial charge in [0.25, 0.3) is 0 Å². The molecule has 78 valence electrons. The molecule has 0 aromatic rings. The van der Waals surface area contributed by atoms with Crippen molar-refractivity contribution in [1.82, 2.24) is 9.80 Å². The monoisotopic (exact) mass is 186 g/mol. The summed E-state index contributed by atoms with van der Waals surface area (Å²) in [4.78, 5) is 4.21. The Kier molecular flexibility index (Phi) is 2.52. The number of nitrogens with zero attached hydrogens (tertiary/aromatic N) is 2. The van der Waals surface area contributed by atoms with E-state index in [0.29, 0.717) is 6.04 Å². The SMILES string of the molecule is [2H]C1C([2H])N(C(C)(C)C)CCN1C(C)C. The first-order valence-electron chi connectivity index (χ1n) is 6.27. The minimum Gasteiger partial charge on any atom is -0.298 e. The van der Waals surface area contributed by atoms with Crippen molar-refractivity contribution in [3.8, 4) is 0 Å². The van der Waals surface area contributed by atoms with Gasteiger partial charge in [0.1, 0.15) is 0 Å². The Balaban J connectivity index is 2.73. The van der Waals surface area contributed by atoms with Crippen molar-refractivity contribution in [1.29, 1.82) is 0 Å². The molecular formula is C11H24N2. The molecule has 1 rings (SSSR count). The van der Waals surface area contributed by atoms with Crippen LogP contribution in [0.5, 0.6) is 0 Å². The smallest absolute Gasteiger partial charge is 0.0444 e. The van der Waals surface area contributed by atoms with Gasteiger partial charge < -0.3 is 0 Å². The quantitative estimate of drug-likeness (QED) is 0.616. The van der Waals surface area contributed by atoms with Gasteiger partial charge in [-0.05, 0) is 34.6 Å². The van der Waals surface area contributed by atoms with Crippen LogP contribution in [-0.4, -0.2) is 47.5 Å². The zero-order chi connectivity index (χ0) is 11.8. The van der Waals surface area contributed by atoms with Gasteiger partial charge in [0.15, 0.2) is 0 Å². The largest absolute Gasteiger partial charge is 0.298 e. The van der Waals surface area contributed by atoms with Crippen molar-refractivity contribution in [2.24, 2.45) is 0 Å². The standard InChI is InChI=1S/C11H24N2/c1-10(2)12-6-8-13(9-7-12)11(3,4)5/h10H,6-9H2,1-5H3/i6D,8D. The van der Waals surface area contributed by atoms with Crippen LogP contribution in [0.1, 0.15) is 37.4 Å². The molecule has 0 N–H and O–H groups in total. The van der Waals surface area contributed by atoms with E-state index in [1.165, 1.54) is 0 Å². The number of rotatable bonds is 1. The van der Waals surface area contributed by atoms with Gasteiger partial charge in [0.05, 0.1) is 0 Å². The Morgan fingerprint density at radius 1 is 1.15 bits per heavy atom. The highest BCUT2D eigenvalue weighted by atomic mass is 15.3. The molecule has 0 radical (unpaired) electrons. The summed E-state index contributed by atoms with van der Waals surface area (Å²) in [6.07, 6.45) is 0. The van der Waals surface area contributed by atoms with E-state index in [4.69, 9.17) is 2.74 Å². The fourth-order valence-corrected chi connectivity index (χ4v) is 1.53. The van der Waals surface area contributed by atoms with Crippen LogP contribution in [0.15, 0.2) is 0 Å². The lowest BCUT2D eigenvalue weighted by molar-refractivity contribution is 0.0491. The molecule has 1 aliphatic rings. The average Bonchev–Trinajstić information content (AvgIpc) is 2.06. The number of hydrogen-bond acceptors (Lipinski definition) is 2. The second-order valence-electron chi connectivity index (χ2n) is 4.99. The second-order valence-corrected chi connectivity index (χ2v) is 4.99. The maximum Gasteiger partial charge on any atom is 0.0444 e. The van der Waals surface area contributed by atoms with Crippen molar-refractivity contribution in [3.05, 3.63) is 0 Å². The lowest BCUT2D eigenvalue weighted by Crippen LogP contribution is -2.54. The zero-order valence-electron chi connectivity index (χ0n) is 11.5. The third-order valence-corrected chi connectivity index (χ3v) is 2.56. The molecule has 0 aliphatic carbocycles. The molecule has 0 spiro atoms. The lowest BCUT2D eigenvalue weighted by atomic mass is 10.0. The van der Waals surface area contributed by atoms with Gasteiger partial charge in [-0.3, -0.25) is 9.80 Å². The molecule has 2 atom stereocenters. The molecule has 1 heterocycles.